The summed E-state index contributed by atoms with van der Waals surface area (Å²) in [6, 6.07) is 1.31. The summed E-state index contributed by atoms with van der Waals surface area (Å²) < 4.78 is 38.9. The summed E-state index contributed by atoms with van der Waals surface area (Å²) in [6.45, 7) is 3.22. The lowest BCUT2D eigenvalue weighted by atomic mass is 10.2. The lowest BCUT2D eigenvalue weighted by Gasteiger charge is -2.14. The van der Waals surface area contributed by atoms with Crippen molar-refractivity contribution in [1.82, 2.24) is 9.78 Å². The highest BCUT2D eigenvalue weighted by molar-refractivity contribution is 5.24. The first-order chi connectivity index (χ1) is 6.88. The normalized spacial score (nSPS) is 11.8. The molecule has 0 atom stereocenters. The second-order valence-corrected chi connectivity index (χ2v) is 3.39. The second kappa shape index (κ2) is 3.93. The van der Waals surface area contributed by atoms with Gasteiger partial charge in [0.2, 0.25) is 0 Å². The summed E-state index contributed by atoms with van der Waals surface area (Å²) in [6.07, 6.45) is -3.64. The molecular formula is C9H10F3N3. The highest BCUT2D eigenvalue weighted by atomic mass is 19.4. The Morgan fingerprint density at radius 3 is 2.53 bits per heavy atom. The first-order valence-corrected chi connectivity index (χ1v) is 4.38. The topological polar surface area (TPSA) is 41.6 Å². The summed E-state index contributed by atoms with van der Waals surface area (Å²) in [4.78, 5) is 0. The number of aromatic nitrogens is 2. The summed E-state index contributed by atoms with van der Waals surface area (Å²) >= 11 is 0. The zero-order valence-corrected chi connectivity index (χ0v) is 8.34. The van der Waals surface area contributed by atoms with Crippen molar-refractivity contribution in [3.8, 4) is 6.07 Å². The van der Waals surface area contributed by atoms with Gasteiger partial charge < -0.3 is 0 Å². The van der Waals surface area contributed by atoms with Gasteiger partial charge in [0, 0.05) is 11.6 Å². The third kappa shape index (κ3) is 2.29. The van der Waals surface area contributed by atoms with Crippen LogP contribution in [0.5, 0.6) is 0 Å². The van der Waals surface area contributed by atoms with Crippen LogP contribution in [0.15, 0.2) is 6.20 Å². The predicted molar refractivity (Wildman–Crippen MR) is 46.9 cm³/mol. The third-order valence-corrected chi connectivity index (χ3v) is 1.90. The number of hydrogen-bond donors (Lipinski definition) is 0. The Morgan fingerprint density at radius 1 is 1.53 bits per heavy atom. The molecule has 3 nitrogen and oxygen atoms in total. The van der Waals surface area contributed by atoms with E-state index in [2.05, 4.69) is 5.10 Å². The molecule has 15 heavy (non-hydrogen) atoms. The van der Waals surface area contributed by atoms with Gasteiger partial charge in [0.05, 0.1) is 18.7 Å². The van der Waals surface area contributed by atoms with Crippen molar-refractivity contribution in [2.75, 3.05) is 0 Å². The maximum Gasteiger partial charge on any atom is 0.433 e. The minimum absolute atomic E-state index is 0.0706. The van der Waals surface area contributed by atoms with E-state index < -0.39 is 11.9 Å². The van der Waals surface area contributed by atoms with Gasteiger partial charge in [-0.2, -0.15) is 23.5 Å². The minimum Gasteiger partial charge on any atom is -0.258 e. The van der Waals surface area contributed by atoms with Gasteiger partial charge in [-0.05, 0) is 13.8 Å². The first kappa shape index (κ1) is 11.6. The number of halogens is 3. The molecule has 0 radical (unpaired) electrons. The molecule has 6 heteroatoms. The fourth-order valence-corrected chi connectivity index (χ4v) is 1.32. The molecule has 0 aliphatic rings. The van der Waals surface area contributed by atoms with Crippen LogP contribution in [0.1, 0.15) is 31.1 Å². The van der Waals surface area contributed by atoms with E-state index in [4.69, 9.17) is 5.26 Å². The average Bonchev–Trinajstić information content (AvgIpc) is 2.47. The minimum atomic E-state index is -4.47. The van der Waals surface area contributed by atoms with Gasteiger partial charge in [-0.1, -0.05) is 0 Å². The Labute approximate surface area is 85.1 Å². The van der Waals surface area contributed by atoms with E-state index in [0.717, 1.165) is 10.9 Å². The molecule has 1 aromatic heterocycles. The molecule has 0 aromatic carbocycles. The quantitative estimate of drug-likeness (QED) is 0.763. The molecular weight excluding hydrogens is 207 g/mol. The van der Waals surface area contributed by atoms with Crippen molar-refractivity contribution < 1.29 is 13.2 Å². The molecule has 0 saturated heterocycles. The number of nitriles is 1. The Hall–Kier alpha value is -1.51. The number of hydrogen-bond acceptors (Lipinski definition) is 2. The molecule has 0 fully saturated rings. The van der Waals surface area contributed by atoms with Crippen molar-refractivity contribution in [1.29, 1.82) is 5.26 Å². The van der Waals surface area contributed by atoms with Crippen LogP contribution in [0.3, 0.4) is 0 Å². The van der Waals surface area contributed by atoms with Crippen LogP contribution in [0, 0.1) is 11.3 Å². The maximum atomic E-state index is 12.7. The van der Waals surface area contributed by atoms with Gasteiger partial charge in [0.1, 0.15) is 5.69 Å². The van der Waals surface area contributed by atoms with Gasteiger partial charge in [-0.25, -0.2) is 0 Å². The van der Waals surface area contributed by atoms with Crippen LogP contribution in [0.2, 0.25) is 0 Å². The smallest absolute Gasteiger partial charge is 0.258 e. The maximum absolute atomic E-state index is 12.7. The van der Waals surface area contributed by atoms with Crippen LogP contribution in [-0.4, -0.2) is 9.78 Å². The van der Waals surface area contributed by atoms with E-state index in [9.17, 15) is 13.2 Å². The number of nitrogens with zero attached hydrogens (tertiary/aromatic N) is 3. The summed E-state index contributed by atoms with van der Waals surface area (Å²) in [7, 11) is 0. The Bertz CT molecular complexity index is 384. The van der Waals surface area contributed by atoms with E-state index in [-0.39, 0.29) is 18.0 Å². The van der Waals surface area contributed by atoms with Gasteiger partial charge in [-0.3, -0.25) is 4.68 Å². The first-order valence-electron chi connectivity index (χ1n) is 4.38. The summed E-state index contributed by atoms with van der Waals surface area (Å²) in [5.41, 5.74) is -0.891. The van der Waals surface area contributed by atoms with E-state index in [1.165, 1.54) is 0 Å². The zero-order chi connectivity index (χ0) is 11.6. The average molecular weight is 217 g/mol. The molecule has 0 amide bonds. The van der Waals surface area contributed by atoms with Crippen molar-refractivity contribution >= 4 is 0 Å². The van der Waals surface area contributed by atoms with Gasteiger partial charge in [-0.15, -0.1) is 0 Å². The molecule has 0 bridgehead atoms. The van der Waals surface area contributed by atoms with Gasteiger partial charge >= 0.3 is 6.18 Å². The third-order valence-electron chi connectivity index (χ3n) is 1.90. The number of alkyl halides is 3. The SMILES string of the molecule is CC(C)n1ncc(CC#N)c1C(F)(F)F. The van der Waals surface area contributed by atoms with E-state index >= 15 is 0 Å². The van der Waals surface area contributed by atoms with Gasteiger partial charge in [0.25, 0.3) is 0 Å². The van der Waals surface area contributed by atoms with Crippen LogP contribution >= 0.6 is 0 Å². The van der Waals surface area contributed by atoms with Crippen molar-refractivity contribution in [2.45, 2.75) is 32.5 Å². The Kier molecular flexibility index (Phi) is 3.03. The highest BCUT2D eigenvalue weighted by Crippen LogP contribution is 2.33. The Morgan fingerprint density at radius 2 is 2.13 bits per heavy atom. The molecule has 0 saturated carbocycles. The van der Waals surface area contributed by atoms with Crippen molar-refractivity contribution in [3.63, 3.8) is 0 Å². The highest BCUT2D eigenvalue weighted by Gasteiger charge is 2.38. The largest absolute Gasteiger partial charge is 0.433 e. The lowest BCUT2D eigenvalue weighted by molar-refractivity contribution is -0.145. The second-order valence-electron chi connectivity index (χ2n) is 3.39. The van der Waals surface area contributed by atoms with E-state index in [1.54, 1.807) is 19.9 Å². The predicted octanol–water partition coefficient (Wildman–Crippen LogP) is 2.55. The fraction of sp³-hybridized carbons (Fsp3) is 0.556. The summed E-state index contributed by atoms with van der Waals surface area (Å²) in [5.74, 6) is 0. The van der Waals surface area contributed by atoms with Gasteiger partial charge in [0.15, 0.2) is 0 Å². The molecule has 0 N–H and O–H groups in total. The molecule has 82 valence electrons. The van der Waals surface area contributed by atoms with Crippen LogP contribution in [0.4, 0.5) is 13.2 Å². The molecule has 0 unspecified atom stereocenters. The van der Waals surface area contributed by atoms with Crippen LogP contribution < -0.4 is 0 Å². The van der Waals surface area contributed by atoms with E-state index in [0.29, 0.717) is 0 Å². The van der Waals surface area contributed by atoms with Crippen LogP contribution in [0.25, 0.3) is 0 Å². The lowest BCUT2D eigenvalue weighted by Crippen LogP contribution is -2.18. The fourth-order valence-electron chi connectivity index (χ4n) is 1.32. The molecule has 1 rings (SSSR count). The summed E-state index contributed by atoms with van der Waals surface area (Å²) in [5, 5.41) is 12.0. The molecule has 0 spiro atoms. The monoisotopic (exact) mass is 217 g/mol. The van der Waals surface area contributed by atoms with Crippen molar-refractivity contribution in [3.05, 3.63) is 17.5 Å². The van der Waals surface area contributed by atoms with Crippen LogP contribution in [-0.2, 0) is 12.6 Å². The standard InChI is InChI=1S/C9H10F3N3/c1-6(2)15-8(9(10,11)12)7(3-4-13)5-14-15/h5-6H,3H2,1-2H3. The van der Waals surface area contributed by atoms with E-state index in [1.807, 2.05) is 0 Å². The molecule has 0 aliphatic heterocycles. The molecule has 0 aliphatic carbocycles. The number of rotatable bonds is 2. The molecule has 1 heterocycles. The zero-order valence-electron chi connectivity index (χ0n) is 8.34. The van der Waals surface area contributed by atoms with Crippen molar-refractivity contribution in [2.24, 2.45) is 0 Å². The Balaban J connectivity index is 3.28. The molecule has 1 aromatic rings.